The van der Waals surface area contributed by atoms with Gasteiger partial charge in [0.25, 0.3) is 5.91 Å². The second-order valence-electron chi connectivity index (χ2n) is 5.92. The first-order valence-electron chi connectivity index (χ1n) is 8.22. The molecule has 6 nitrogen and oxygen atoms in total. The van der Waals surface area contributed by atoms with Crippen molar-refractivity contribution in [2.45, 2.75) is 25.7 Å². The minimum absolute atomic E-state index is 0.133. The minimum atomic E-state index is -0.513. The number of amides is 1. The van der Waals surface area contributed by atoms with Gasteiger partial charge in [-0.05, 0) is 43.2 Å². The van der Waals surface area contributed by atoms with Crippen molar-refractivity contribution in [3.63, 3.8) is 0 Å². The van der Waals surface area contributed by atoms with Crippen LogP contribution in [-0.2, 0) is 0 Å². The molecule has 2 heterocycles. The molecule has 0 bridgehead atoms. The van der Waals surface area contributed by atoms with Crippen molar-refractivity contribution in [2.75, 3.05) is 20.2 Å². The Morgan fingerprint density at radius 3 is 2.42 bits per heavy atom. The number of ether oxygens (including phenoxy) is 1. The number of likely N-dealkylation sites (tertiary alicyclic amines) is 1. The van der Waals surface area contributed by atoms with Crippen molar-refractivity contribution in [3.05, 3.63) is 46.5 Å². The average molecular weight is 327 g/mol. The van der Waals surface area contributed by atoms with E-state index in [0.717, 1.165) is 50.1 Å². The van der Waals surface area contributed by atoms with Crippen LogP contribution in [0.5, 0.6) is 5.75 Å². The highest BCUT2D eigenvalue weighted by molar-refractivity contribution is 5.93. The lowest BCUT2D eigenvalue weighted by Gasteiger charge is -2.20. The fourth-order valence-corrected chi connectivity index (χ4v) is 2.93. The van der Waals surface area contributed by atoms with Crippen LogP contribution in [0, 0.1) is 0 Å². The van der Waals surface area contributed by atoms with E-state index < -0.39 is 5.69 Å². The van der Waals surface area contributed by atoms with Crippen LogP contribution in [-0.4, -0.2) is 41.0 Å². The third kappa shape index (κ3) is 3.64. The van der Waals surface area contributed by atoms with Crippen LogP contribution in [0.1, 0.15) is 36.2 Å². The van der Waals surface area contributed by atoms with Crippen molar-refractivity contribution in [1.29, 1.82) is 0 Å². The van der Waals surface area contributed by atoms with Crippen LogP contribution in [0.3, 0.4) is 0 Å². The maximum atomic E-state index is 12.7. The summed E-state index contributed by atoms with van der Waals surface area (Å²) >= 11 is 0. The predicted molar refractivity (Wildman–Crippen MR) is 91.2 cm³/mol. The minimum Gasteiger partial charge on any atom is -0.497 e. The summed E-state index contributed by atoms with van der Waals surface area (Å²) in [6.07, 6.45) is 4.31. The van der Waals surface area contributed by atoms with E-state index >= 15 is 0 Å². The van der Waals surface area contributed by atoms with E-state index in [1.807, 2.05) is 17.0 Å². The van der Waals surface area contributed by atoms with E-state index in [4.69, 9.17) is 4.74 Å². The number of rotatable bonds is 3. The van der Waals surface area contributed by atoms with Crippen molar-refractivity contribution >= 4 is 5.91 Å². The summed E-state index contributed by atoms with van der Waals surface area (Å²) in [6.45, 7) is 1.47. The monoisotopic (exact) mass is 327 g/mol. The lowest BCUT2D eigenvalue weighted by atomic mass is 10.1. The largest absolute Gasteiger partial charge is 0.497 e. The van der Waals surface area contributed by atoms with Gasteiger partial charge in [-0.25, -0.2) is 4.79 Å². The summed E-state index contributed by atoms with van der Waals surface area (Å²) in [7, 11) is 1.60. The summed E-state index contributed by atoms with van der Waals surface area (Å²) in [5, 5.41) is 0. The van der Waals surface area contributed by atoms with E-state index in [9.17, 15) is 9.59 Å². The summed E-state index contributed by atoms with van der Waals surface area (Å²) in [5.41, 5.74) is 1.04. The fraction of sp³-hybridized carbons (Fsp3) is 0.389. The van der Waals surface area contributed by atoms with Crippen LogP contribution in [0.25, 0.3) is 11.3 Å². The van der Waals surface area contributed by atoms with E-state index in [2.05, 4.69) is 9.97 Å². The molecule has 1 amide bonds. The second-order valence-corrected chi connectivity index (χ2v) is 5.92. The number of carbonyl (C=O) groups is 1. The van der Waals surface area contributed by atoms with E-state index in [-0.39, 0.29) is 5.91 Å². The Hall–Kier alpha value is -2.63. The highest BCUT2D eigenvalue weighted by Crippen LogP contribution is 2.21. The van der Waals surface area contributed by atoms with Crippen LogP contribution in [0.4, 0.5) is 0 Å². The Balaban J connectivity index is 1.90. The summed E-state index contributed by atoms with van der Waals surface area (Å²) in [6, 6.07) is 8.89. The molecular weight excluding hydrogens is 306 g/mol. The highest BCUT2D eigenvalue weighted by Gasteiger charge is 2.19. The average Bonchev–Trinajstić information content (AvgIpc) is 2.90. The van der Waals surface area contributed by atoms with Gasteiger partial charge in [0.15, 0.2) is 0 Å². The van der Waals surface area contributed by atoms with Gasteiger partial charge in [0.05, 0.1) is 12.8 Å². The molecule has 126 valence electrons. The van der Waals surface area contributed by atoms with Crippen LogP contribution < -0.4 is 10.4 Å². The predicted octanol–water partition coefficient (Wildman–Crippen LogP) is 2.46. The number of methoxy groups -OCH3 is 1. The van der Waals surface area contributed by atoms with Gasteiger partial charge in [0.1, 0.15) is 11.4 Å². The zero-order valence-electron chi connectivity index (χ0n) is 13.7. The molecule has 2 aromatic rings. The lowest BCUT2D eigenvalue weighted by molar-refractivity contribution is 0.0755. The Morgan fingerprint density at radius 2 is 1.79 bits per heavy atom. The smallest absolute Gasteiger partial charge is 0.346 e. The molecule has 0 radical (unpaired) electrons. The molecule has 0 atom stereocenters. The Morgan fingerprint density at radius 1 is 1.12 bits per heavy atom. The molecule has 1 aliphatic heterocycles. The first-order valence-corrected chi connectivity index (χ1v) is 8.22. The number of benzene rings is 1. The first kappa shape index (κ1) is 16.2. The normalized spacial score (nSPS) is 15.0. The molecule has 0 saturated carbocycles. The van der Waals surface area contributed by atoms with E-state index in [1.54, 1.807) is 25.3 Å². The third-order valence-electron chi connectivity index (χ3n) is 4.25. The van der Waals surface area contributed by atoms with Gasteiger partial charge >= 0.3 is 5.69 Å². The van der Waals surface area contributed by atoms with Crippen LogP contribution in [0.15, 0.2) is 35.1 Å². The number of hydrogen-bond acceptors (Lipinski definition) is 4. The van der Waals surface area contributed by atoms with Gasteiger partial charge in [0, 0.05) is 18.7 Å². The van der Waals surface area contributed by atoms with Crippen LogP contribution in [0.2, 0.25) is 0 Å². The van der Waals surface area contributed by atoms with Gasteiger partial charge in [-0.1, -0.05) is 12.8 Å². The number of hydrogen-bond donors (Lipinski definition) is 1. The van der Waals surface area contributed by atoms with Gasteiger partial charge < -0.3 is 14.6 Å². The third-order valence-corrected chi connectivity index (χ3v) is 4.25. The number of carbonyl (C=O) groups excluding carboxylic acids is 1. The molecule has 1 saturated heterocycles. The maximum Gasteiger partial charge on any atom is 0.346 e. The molecule has 1 aromatic heterocycles. The Kier molecular flexibility index (Phi) is 4.93. The Labute approximate surface area is 140 Å². The standard InChI is InChI=1S/C18H21N3O3/c1-24-14-8-6-13(7-9-14)15-12-16(20-18(23)19-15)17(22)21-10-4-2-3-5-11-21/h6-9,12H,2-5,10-11H2,1H3,(H,19,20,23). The van der Waals surface area contributed by atoms with E-state index in [0.29, 0.717) is 11.4 Å². The first-order chi connectivity index (χ1) is 11.7. The molecule has 1 aromatic carbocycles. The van der Waals surface area contributed by atoms with Gasteiger partial charge in [-0.2, -0.15) is 4.98 Å². The highest BCUT2D eigenvalue weighted by atomic mass is 16.5. The summed E-state index contributed by atoms with van der Waals surface area (Å²) in [4.78, 5) is 33.0. The number of nitrogens with zero attached hydrogens (tertiary/aromatic N) is 2. The second kappa shape index (κ2) is 7.29. The molecule has 1 fully saturated rings. The van der Waals surface area contributed by atoms with Crippen molar-refractivity contribution in [3.8, 4) is 17.0 Å². The van der Waals surface area contributed by atoms with Gasteiger partial charge in [0.2, 0.25) is 0 Å². The SMILES string of the molecule is COc1ccc(-c2cc(C(=O)N3CCCCCC3)[nH]c(=O)n2)cc1. The summed E-state index contributed by atoms with van der Waals surface area (Å²) < 4.78 is 5.13. The molecule has 0 unspecified atom stereocenters. The Bertz CT molecular complexity index is 760. The molecule has 0 spiro atoms. The zero-order chi connectivity index (χ0) is 16.9. The molecule has 6 heteroatoms. The quantitative estimate of drug-likeness (QED) is 0.939. The number of aromatic nitrogens is 2. The molecule has 1 N–H and O–H groups in total. The maximum absolute atomic E-state index is 12.7. The van der Waals surface area contributed by atoms with Crippen molar-refractivity contribution in [2.24, 2.45) is 0 Å². The van der Waals surface area contributed by atoms with E-state index in [1.165, 1.54) is 0 Å². The number of aromatic amines is 1. The molecule has 3 rings (SSSR count). The van der Waals surface area contributed by atoms with Gasteiger partial charge in [-0.15, -0.1) is 0 Å². The number of H-pyrrole nitrogens is 1. The summed E-state index contributed by atoms with van der Waals surface area (Å²) in [5.74, 6) is 0.593. The van der Waals surface area contributed by atoms with Gasteiger partial charge in [-0.3, -0.25) is 4.79 Å². The van der Waals surface area contributed by atoms with Crippen molar-refractivity contribution < 1.29 is 9.53 Å². The zero-order valence-corrected chi connectivity index (χ0v) is 13.7. The molecule has 0 aliphatic carbocycles. The molecule has 1 aliphatic rings. The fourth-order valence-electron chi connectivity index (χ4n) is 2.93. The molecule has 24 heavy (non-hydrogen) atoms. The molecular formula is C18H21N3O3. The number of nitrogens with one attached hydrogen (secondary N) is 1. The van der Waals surface area contributed by atoms with Crippen LogP contribution >= 0.6 is 0 Å². The lowest BCUT2D eigenvalue weighted by Crippen LogP contribution is -2.33. The topological polar surface area (TPSA) is 75.3 Å². The van der Waals surface area contributed by atoms with Crippen molar-refractivity contribution in [1.82, 2.24) is 14.9 Å².